The summed E-state index contributed by atoms with van der Waals surface area (Å²) in [5.74, 6) is 1.15. The topological polar surface area (TPSA) is 141 Å². The number of amides is 3. The Morgan fingerprint density at radius 1 is 0.909 bits per heavy atom. The molecule has 3 amide bonds. The molecule has 8 rings (SSSR count). The van der Waals surface area contributed by atoms with E-state index >= 15 is 0 Å². The Kier molecular flexibility index (Phi) is 11.0. The van der Waals surface area contributed by atoms with Crippen LogP contribution in [0, 0.1) is 0 Å². The monoisotopic (exact) mass is 748 g/mol. The van der Waals surface area contributed by atoms with E-state index in [9.17, 15) is 14.4 Å². The van der Waals surface area contributed by atoms with Gasteiger partial charge in [0.15, 0.2) is 0 Å². The van der Waals surface area contributed by atoms with Crippen molar-refractivity contribution in [3.63, 3.8) is 0 Å². The van der Waals surface area contributed by atoms with E-state index in [1.807, 2.05) is 30.3 Å². The molecule has 2 N–H and O–H groups in total. The Labute approximate surface area is 322 Å². The van der Waals surface area contributed by atoms with Gasteiger partial charge in [-0.3, -0.25) is 29.5 Å². The molecule has 0 spiro atoms. The second-order valence-corrected chi connectivity index (χ2v) is 15.6. The summed E-state index contributed by atoms with van der Waals surface area (Å²) >= 11 is 0. The van der Waals surface area contributed by atoms with Gasteiger partial charge >= 0.3 is 0 Å². The van der Waals surface area contributed by atoms with E-state index in [1.54, 1.807) is 31.4 Å². The van der Waals surface area contributed by atoms with Crippen molar-refractivity contribution >= 4 is 46.2 Å². The quantitative estimate of drug-likeness (QED) is 0.209. The number of piperazine rings is 1. The molecule has 4 aromatic rings. The zero-order chi connectivity index (χ0) is 37.9. The van der Waals surface area contributed by atoms with Crippen LogP contribution in [-0.2, 0) is 9.59 Å². The maximum atomic E-state index is 13.0. The molecule has 1 saturated carbocycles. The molecule has 3 aromatic heterocycles. The summed E-state index contributed by atoms with van der Waals surface area (Å²) in [7, 11) is 3.56. The number of hydrogen-bond donors (Lipinski definition) is 2. The molecule has 14 heteroatoms. The normalized spacial score (nSPS) is 20.5. The first-order valence-electron chi connectivity index (χ1n) is 19.9. The zero-order valence-corrected chi connectivity index (χ0v) is 32.0. The van der Waals surface area contributed by atoms with E-state index in [2.05, 4.69) is 52.0 Å². The van der Waals surface area contributed by atoms with Crippen molar-refractivity contribution in [3.05, 3.63) is 66.1 Å². The minimum absolute atomic E-state index is 0.0268. The minimum Gasteiger partial charge on any atom is -0.491 e. The Morgan fingerprint density at radius 2 is 1.71 bits per heavy atom. The fraction of sp³-hybridized carbons (Fsp3) is 0.512. The van der Waals surface area contributed by atoms with Crippen LogP contribution in [0.5, 0.6) is 5.75 Å². The number of anilines is 3. The summed E-state index contributed by atoms with van der Waals surface area (Å²) in [5, 5.41) is 6.58. The SMILES string of the molecule is CN(C)C(=O)c1cc2cnc(Nc3ccc(OCCN4CCN(C5CCN(c6cccc(C7CCC(=O)NC7=O)c6)CC5)CC4)cn3)nc2n1C1CCCC1. The van der Waals surface area contributed by atoms with Gasteiger partial charge in [0, 0.05) is 95.7 Å². The number of aromatic nitrogens is 4. The third-order valence-electron chi connectivity index (χ3n) is 11.8. The highest BCUT2D eigenvalue weighted by Crippen LogP contribution is 2.35. The Morgan fingerprint density at radius 3 is 2.44 bits per heavy atom. The average molecular weight is 749 g/mol. The zero-order valence-electron chi connectivity index (χ0n) is 32.0. The van der Waals surface area contributed by atoms with Crippen LogP contribution in [0.3, 0.4) is 0 Å². The lowest BCUT2D eigenvalue weighted by Gasteiger charge is -2.43. The number of ether oxygens (including phenoxy) is 1. The van der Waals surface area contributed by atoms with Gasteiger partial charge in [0.25, 0.3) is 5.91 Å². The van der Waals surface area contributed by atoms with Crippen LogP contribution in [0.25, 0.3) is 11.0 Å². The van der Waals surface area contributed by atoms with E-state index in [0.29, 0.717) is 43.0 Å². The van der Waals surface area contributed by atoms with Crippen LogP contribution < -0.4 is 20.3 Å². The molecule has 1 aliphatic carbocycles. The molecule has 1 aromatic carbocycles. The number of carbonyl (C=O) groups excluding carboxylic acids is 3. The van der Waals surface area contributed by atoms with E-state index in [4.69, 9.17) is 9.72 Å². The molecule has 1 atom stereocenters. The van der Waals surface area contributed by atoms with Crippen molar-refractivity contribution < 1.29 is 19.1 Å². The first-order chi connectivity index (χ1) is 26.8. The summed E-state index contributed by atoms with van der Waals surface area (Å²) in [5.41, 5.74) is 3.59. The number of hydrogen-bond acceptors (Lipinski definition) is 11. The molecule has 6 heterocycles. The number of nitrogens with one attached hydrogen (secondary N) is 2. The largest absolute Gasteiger partial charge is 0.491 e. The van der Waals surface area contributed by atoms with Gasteiger partial charge in [0.2, 0.25) is 17.8 Å². The van der Waals surface area contributed by atoms with E-state index < -0.39 is 0 Å². The molecule has 4 fully saturated rings. The van der Waals surface area contributed by atoms with Crippen LogP contribution in [0.4, 0.5) is 17.5 Å². The van der Waals surface area contributed by atoms with Crippen LogP contribution in [0.15, 0.2) is 54.9 Å². The fourth-order valence-electron chi connectivity index (χ4n) is 8.73. The molecule has 0 bridgehead atoms. The molecule has 1 unspecified atom stereocenters. The summed E-state index contributed by atoms with van der Waals surface area (Å²) in [4.78, 5) is 60.2. The van der Waals surface area contributed by atoms with Crippen LogP contribution in [-0.4, -0.2) is 124 Å². The first-order valence-corrected chi connectivity index (χ1v) is 19.9. The number of piperidine rings is 2. The standard InChI is InChI=1S/C41H52N10O4/c1-47(2)40(54)35-25-29-26-43-41(46-38(29)51(35)31-7-3-4-8-31)44-36-12-10-33(27-42-36)55-23-22-48-18-20-50(21-19-48)30-14-16-49(17-15-30)32-9-5-6-28(24-32)34-11-13-37(52)45-39(34)53/h5-6,9-10,12,24-27,30-31,34H,3-4,7-8,11,13-23H2,1-2H3,(H,45,52,53)(H,42,43,44,46). The van der Waals surface area contributed by atoms with Crippen LogP contribution >= 0.6 is 0 Å². The molecule has 4 aliphatic rings. The summed E-state index contributed by atoms with van der Waals surface area (Å²) in [6.45, 7) is 7.62. The third kappa shape index (κ3) is 8.30. The molecule has 55 heavy (non-hydrogen) atoms. The van der Waals surface area contributed by atoms with Gasteiger partial charge in [-0.05, 0) is 68.0 Å². The molecule has 14 nitrogen and oxygen atoms in total. The number of pyridine rings is 1. The third-order valence-corrected chi connectivity index (χ3v) is 11.8. The van der Waals surface area contributed by atoms with Gasteiger partial charge in [-0.15, -0.1) is 0 Å². The molecular weight excluding hydrogens is 697 g/mol. The van der Waals surface area contributed by atoms with Crippen molar-refractivity contribution in [2.24, 2.45) is 0 Å². The Bertz CT molecular complexity index is 1990. The molecule has 0 radical (unpaired) electrons. The highest BCUT2D eigenvalue weighted by Gasteiger charge is 2.31. The summed E-state index contributed by atoms with van der Waals surface area (Å²) < 4.78 is 8.20. The molecule has 3 aliphatic heterocycles. The van der Waals surface area contributed by atoms with Crippen LogP contribution in [0.1, 0.15) is 79.4 Å². The molecular formula is C41H52N10O4. The lowest BCUT2D eigenvalue weighted by molar-refractivity contribution is -0.134. The van der Waals surface area contributed by atoms with Crippen molar-refractivity contribution in [2.75, 3.05) is 76.7 Å². The van der Waals surface area contributed by atoms with Crippen LogP contribution in [0.2, 0.25) is 0 Å². The minimum atomic E-state index is -0.252. The van der Waals surface area contributed by atoms with Gasteiger partial charge in [-0.2, -0.15) is 4.98 Å². The van der Waals surface area contributed by atoms with Crippen molar-refractivity contribution in [3.8, 4) is 5.75 Å². The van der Waals surface area contributed by atoms with Crippen molar-refractivity contribution in [1.29, 1.82) is 0 Å². The first kappa shape index (κ1) is 36.9. The molecule has 3 saturated heterocycles. The Balaban J connectivity index is 0.777. The molecule has 290 valence electrons. The number of carbonyl (C=O) groups is 3. The van der Waals surface area contributed by atoms with Gasteiger partial charge in [-0.1, -0.05) is 25.0 Å². The second kappa shape index (κ2) is 16.3. The van der Waals surface area contributed by atoms with E-state index in [-0.39, 0.29) is 29.7 Å². The summed E-state index contributed by atoms with van der Waals surface area (Å²) in [6, 6.07) is 14.9. The smallest absolute Gasteiger partial charge is 0.270 e. The van der Waals surface area contributed by atoms with Crippen molar-refractivity contribution in [1.82, 2.24) is 39.5 Å². The number of imide groups is 1. The maximum Gasteiger partial charge on any atom is 0.270 e. The number of rotatable bonds is 11. The van der Waals surface area contributed by atoms with Gasteiger partial charge in [0.1, 0.15) is 29.5 Å². The summed E-state index contributed by atoms with van der Waals surface area (Å²) in [6.07, 6.45) is 11.1. The average Bonchev–Trinajstić information content (AvgIpc) is 3.87. The Hall–Kier alpha value is -5.08. The predicted molar refractivity (Wildman–Crippen MR) is 211 cm³/mol. The number of benzene rings is 1. The van der Waals surface area contributed by atoms with E-state index in [0.717, 1.165) is 112 Å². The fourth-order valence-corrected chi connectivity index (χ4v) is 8.73. The number of nitrogens with zero attached hydrogens (tertiary/aromatic N) is 8. The van der Waals surface area contributed by atoms with Gasteiger partial charge in [0.05, 0.1) is 12.1 Å². The van der Waals surface area contributed by atoms with E-state index in [1.165, 1.54) is 0 Å². The van der Waals surface area contributed by atoms with Gasteiger partial charge in [-0.25, -0.2) is 9.97 Å². The predicted octanol–water partition coefficient (Wildman–Crippen LogP) is 4.57. The number of fused-ring (bicyclic) bond motifs is 1. The second-order valence-electron chi connectivity index (χ2n) is 15.6. The maximum absolute atomic E-state index is 13.0. The lowest BCUT2D eigenvalue weighted by atomic mass is 9.90. The lowest BCUT2D eigenvalue weighted by Crippen LogP contribution is -2.53. The van der Waals surface area contributed by atoms with Gasteiger partial charge < -0.3 is 24.4 Å². The highest BCUT2D eigenvalue weighted by atomic mass is 16.5. The highest BCUT2D eigenvalue weighted by molar-refractivity contribution is 6.01. The van der Waals surface area contributed by atoms with Crippen molar-refractivity contribution in [2.45, 2.75) is 69.4 Å².